The number of aromatic nitrogens is 2. The van der Waals surface area contributed by atoms with Gasteiger partial charge in [0.05, 0.1) is 6.61 Å². The number of rotatable bonds is 3. The molecule has 6 heteroatoms. The summed E-state index contributed by atoms with van der Waals surface area (Å²) in [5.74, 6) is 0. The zero-order valence-corrected chi connectivity index (χ0v) is 8.64. The molecule has 0 amide bonds. The lowest BCUT2D eigenvalue weighted by Gasteiger charge is -2.08. The first-order valence-corrected chi connectivity index (χ1v) is 4.94. The van der Waals surface area contributed by atoms with Crippen molar-refractivity contribution in [2.75, 3.05) is 12.3 Å². The molecule has 13 heavy (non-hydrogen) atoms. The molecular formula is C7H10ClN3OS. The molecule has 1 aromatic rings. The predicted octanol–water partition coefficient (Wildman–Crippen LogP) is 1.19. The van der Waals surface area contributed by atoms with Gasteiger partial charge in [-0.2, -0.15) is 0 Å². The third-order valence-electron chi connectivity index (χ3n) is 1.37. The smallest absolute Gasteiger partial charge is 0.156 e. The van der Waals surface area contributed by atoms with Gasteiger partial charge in [-0.25, -0.2) is 9.97 Å². The van der Waals surface area contributed by atoms with Crippen molar-refractivity contribution in [2.45, 2.75) is 17.2 Å². The highest BCUT2D eigenvalue weighted by molar-refractivity contribution is 8.00. The predicted molar refractivity (Wildman–Crippen MR) is 53.9 cm³/mol. The fourth-order valence-corrected chi connectivity index (χ4v) is 1.66. The lowest BCUT2D eigenvalue weighted by atomic mass is 10.5. The van der Waals surface area contributed by atoms with Crippen LogP contribution in [0.5, 0.6) is 0 Å². The van der Waals surface area contributed by atoms with E-state index in [1.54, 1.807) is 0 Å². The Morgan fingerprint density at radius 1 is 1.69 bits per heavy atom. The average molecular weight is 220 g/mol. The molecule has 0 aliphatic rings. The Morgan fingerprint density at radius 3 is 3.00 bits per heavy atom. The quantitative estimate of drug-likeness (QED) is 0.590. The summed E-state index contributed by atoms with van der Waals surface area (Å²) >= 11 is 7.06. The van der Waals surface area contributed by atoms with Gasteiger partial charge in [0.15, 0.2) is 5.15 Å². The molecule has 1 heterocycles. The Balaban J connectivity index is 2.83. The van der Waals surface area contributed by atoms with E-state index in [4.69, 9.17) is 22.4 Å². The van der Waals surface area contributed by atoms with Crippen molar-refractivity contribution in [3.8, 4) is 0 Å². The third kappa shape index (κ3) is 2.72. The number of nitrogen functional groups attached to an aromatic ring is 1. The lowest BCUT2D eigenvalue weighted by Crippen LogP contribution is -2.04. The molecule has 0 aliphatic heterocycles. The molecule has 0 saturated heterocycles. The van der Waals surface area contributed by atoms with Crippen molar-refractivity contribution in [3.05, 3.63) is 11.5 Å². The van der Waals surface area contributed by atoms with Gasteiger partial charge in [0.1, 0.15) is 17.0 Å². The molecule has 3 N–H and O–H groups in total. The maximum atomic E-state index is 8.82. The van der Waals surface area contributed by atoms with Gasteiger partial charge in [0.2, 0.25) is 0 Å². The van der Waals surface area contributed by atoms with E-state index >= 15 is 0 Å². The van der Waals surface area contributed by atoms with Crippen LogP contribution >= 0.6 is 23.4 Å². The molecule has 0 aliphatic carbocycles. The molecule has 72 valence electrons. The summed E-state index contributed by atoms with van der Waals surface area (Å²) in [5.41, 5.74) is 6.00. The lowest BCUT2D eigenvalue weighted by molar-refractivity contribution is 0.300. The van der Waals surface area contributed by atoms with Crippen molar-refractivity contribution in [1.82, 2.24) is 9.97 Å². The summed E-state index contributed by atoms with van der Waals surface area (Å²) in [4.78, 5) is 7.68. The number of aliphatic hydroxyl groups excluding tert-OH is 1. The van der Waals surface area contributed by atoms with Gasteiger partial charge in [-0.05, 0) is 0 Å². The molecule has 0 radical (unpaired) electrons. The zero-order chi connectivity index (χ0) is 9.84. The SMILES string of the molecule is CC(CO)Sc1ncnc(Cl)c1N. The van der Waals surface area contributed by atoms with Crippen LogP contribution in [0.2, 0.25) is 5.15 Å². The van der Waals surface area contributed by atoms with Crippen LogP contribution in [0.25, 0.3) is 0 Å². The van der Waals surface area contributed by atoms with E-state index in [0.717, 1.165) is 0 Å². The van der Waals surface area contributed by atoms with E-state index in [2.05, 4.69) is 9.97 Å². The number of anilines is 1. The first-order chi connectivity index (χ1) is 6.15. The fraction of sp³-hybridized carbons (Fsp3) is 0.429. The van der Waals surface area contributed by atoms with Crippen LogP contribution in [0.4, 0.5) is 5.69 Å². The van der Waals surface area contributed by atoms with Crippen LogP contribution in [0.1, 0.15) is 6.92 Å². The van der Waals surface area contributed by atoms with Gasteiger partial charge in [-0.15, -0.1) is 0 Å². The van der Waals surface area contributed by atoms with Crippen molar-refractivity contribution in [1.29, 1.82) is 0 Å². The molecule has 0 bridgehead atoms. The Bertz CT molecular complexity index is 297. The maximum Gasteiger partial charge on any atom is 0.156 e. The van der Waals surface area contributed by atoms with E-state index in [1.807, 2.05) is 6.92 Å². The van der Waals surface area contributed by atoms with Gasteiger partial charge in [0.25, 0.3) is 0 Å². The molecule has 0 spiro atoms. The van der Waals surface area contributed by atoms with E-state index in [9.17, 15) is 0 Å². The van der Waals surface area contributed by atoms with E-state index in [0.29, 0.717) is 10.7 Å². The van der Waals surface area contributed by atoms with E-state index in [1.165, 1.54) is 18.1 Å². The van der Waals surface area contributed by atoms with Gasteiger partial charge >= 0.3 is 0 Å². The second kappa shape index (κ2) is 4.64. The van der Waals surface area contributed by atoms with Crippen LogP contribution < -0.4 is 5.73 Å². The Labute approximate surface area is 85.5 Å². The second-order valence-corrected chi connectivity index (χ2v) is 4.28. The molecule has 4 nitrogen and oxygen atoms in total. The summed E-state index contributed by atoms with van der Waals surface area (Å²) < 4.78 is 0. The average Bonchev–Trinajstić information content (AvgIpc) is 2.13. The number of nitrogens with two attached hydrogens (primary N) is 1. The van der Waals surface area contributed by atoms with Crippen molar-refractivity contribution >= 4 is 29.1 Å². The minimum Gasteiger partial charge on any atom is -0.395 e. The van der Waals surface area contributed by atoms with Crippen LogP contribution in [0.3, 0.4) is 0 Å². The molecule has 1 aromatic heterocycles. The van der Waals surface area contributed by atoms with Crippen LogP contribution in [-0.2, 0) is 0 Å². The monoisotopic (exact) mass is 219 g/mol. The van der Waals surface area contributed by atoms with Crippen molar-refractivity contribution < 1.29 is 5.11 Å². The number of thioether (sulfide) groups is 1. The fourth-order valence-electron chi connectivity index (χ4n) is 0.681. The zero-order valence-electron chi connectivity index (χ0n) is 7.07. The highest BCUT2D eigenvalue weighted by Crippen LogP contribution is 2.29. The summed E-state index contributed by atoms with van der Waals surface area (Å²) in [6.45, 7) is 1.95. The van der Waals surface area contributed by atoms with Gasteiger partial charge in [-0.3, -0.25) is 0 Å². The maximum absolute atomic E-state index is 8.82. The number of aliphatic hydroxyl groups is 1. The molecular weight excluding hydrogens is 210 g/mol. The number of hydrogen-bond acceptors (Lipinski definition) is 5. The Kier molecular flexibility index (Phi) is 3.77. The first-order valence-electron chi connectivity index (χ1n) is 3.68. The van der Waals surface area contributed by atoms with Gasteiger partial charge < -0.3 is 10.8 Å². The molecule has 0 aromatic carbocycles. The minimum absolute atomic E-state index is 0.0493. The van der Waals surface area contributed by atoms with E-state index in [-0.39, 0.29) is 17.0 Å². The van der Waals surface area contributed by atoms with E-state index < -0.39 is 0 Å². The summed E-state index contributed by atoms with van der Waals surface area (Å²) in [7, 11) is 0. The molecule has 1 unspecified atom stereocenters. The highest BCUT2D eigenvalue weighted by atomic mass is 35.5. The number of nitrogens with zero attached hydrogens (tertiary/aromatic N) is 2. The Hall–Kier alpha value is -0.520. The number of halogens is 1. The number of hydrogen-bond donors (Lipinski definition) is 2. The van der Waals surface area contributed by atoms with Crippen molar-refractivity contribution in [3.63, 3.8) is 0 Å². The molecule has 1 rings (SSSR count). The second-order valence-electron chi connectivity index (χ2n) is 2.49. The van der Waals surface area contributed by atoms with Gasteiger partial charge in [0, 0.05) is 5.25 Å². The van der Waals surface area contributed by atoms with Crippen molar-refractivity contribution in [2.24, 2.45) is 0 Å². The summed E-state index contributed by atoms with van der Waals surface area (Å²) in [6.07, 6.45) is 1.35. The van der Waals surface area contributed by atoms with Crippen LogP contribution in [-0.4, -0.2) is 26.9 Å². The summed E-state index contributed by atoms with van der Waals surface area (Å²) in [5, 5.41) is 9.73. The largest absolute Gasteiger partial charge is 0.395 e. The first kappa shape index (κ1) is 10.6. The summed E-state index contributed by atoms with van der Waals surface area (Å²) in [6, 6.07) is 0. The normalized spacial score (nSPS) is 12.8. The standard InChI is InChI=1S/C7H10ClN3OS/c1-4(2-12)13-7-5(9)6(8)10-3-11-7/h3-4,12H,2,9H2,1H3. The Morgan fingerprint density at radius 2 is 2.38 bits per heavy atom. The van der Waals surface area contributed by atoms with Crippen LogP contribution in [0, 0.1) is 0 Å². The molecule has 0 saturated carbocycles. The van der Waals surface area contributed by atoms with Crippen LogP contribution in [0.15, 0.2) is 11.4 Å². The van der Waals surface area contributed by atoms with Gasteiger partial charge in [-0.1, -0.05) is 30.3 Å². The molecule has 0 fully saturated rings. The molecule has 1 atom stereocenters. The minimum atomic E-state index is 0.0493. The third-order valence-corrected chi connectivity index (χ3v) is 2.77. The topological polar surface area (TPSA) is 72.0 Å². The highest BCUT2D eigenvalue weighted by Gasteiger charge is 2.10.